The summed E-state index contributed by atoms with van der Waals surface area (Å²) in [6, 6.07) is 0.714. The minimum absolute atomic E-state index is 0.714. The lowest BCUT2D eigenvalue weighted by atomic mass is 10.0. The lowest BCUT2D eigenvalue weighted by Gasteiger charge is -2.25. The van der Waals surface area contributed by atoms with Gasteiger partial charge in [0.2, 0.25) is 0 Å². The highest BCUT2D eigenvalue weighted by Crippen LogP contribution is 2.26. The Morgan fingerprint density at radius 1 is 1.53 bits per heavy atom. The summed E-state index contributed by atoms with van der Waals surface area (Å²) < 4.78 is 1.87. The van der Waals surface area contributed by atoms with Crippen LogP contribution in [0.15, 0.2) is 12.4 Å². The summed E-state index contributed by atoms with van der Waals surface area (Å²) in [7, 11) is 6.26. The lowest BCUT2D eigenvalue weighted by Crippen LogP contribution is -2.36. The summed E-state index contributed by atoms with van der Waals surface area (Å²) in [5.74, 6) is 0.807. The summed E-state index contributed by atoms with van der Waals surface area (Å²) in [5, 5.41) is 7.65. The van der Waals surface area contributed by atoms with Gasteiger partial charge in [0.15, 0.2) is 0 Å². The van der Waals surface area contributed by atoms with E-state index in [4.69, 9.17) is 0 Å². The molecule has 1 aromatic rings. The molecule has 1 saturated carbocycles. The Morgan fingerprint density at radius 3 is 3.00 bits per heavy atom. The summed E-state index contributed by atoms with van der Waals surface area (Å²) in [4.78, 5) is 2.41. The third-order valence-electron chi connectivity index (χ3n) is 3.79. The second-order valence-corrected chi connectivity index (χ2v) is 5.31. The van der Waals surface area contributed by atoms with Crippen LogP contribution in [0.25, 0.3) is 0 Å². The van der Waals surface area contributed by atoms with Crippen molar-refractivity contribution in [2.75, 3.05) is 20.6 Å². The molecular weight excluding hydrogens is 212 g/mol. The van der Waals surface area contributed by atoms with Gasteiger partial charge in [0, 0.05) is 37.9 Å². The topological polar surface area (TPSA) is 33.1 Å². The molecule has 17 heavy (non-hydrogen) atoms. The van der Waals surface area contributed by atoms with Crippen LogP contribution in [-0.4, -0.2) is 41.4 Å². The Balaban J connectivity index is 1.82. The third-order valence-corrected chi connectivity index (χ3v) is 3.79. The number of aryl methyl sites for hydroxylation is 1. The summed E-state index contributed by atoms with van der Waals surface area (Å²) in [6.45, 7) is 2.18. The van der Waals surface area contributed by atoms with Gasteiger partial charge in [-0.2, -0.15) is 5.10 Å². The van der Waals surface area contributed by atoms with E-state index in [9.17, 15) is 0 Å². The van der Waals surface area contributed by atoms with Crippen LogP contribution in [0.1, 0.15) is 24.8 Å². The minimum atomic E-state index is 0.714. The fraction of sp³-hybridized carbons (Fsp3) is 0.769. The molecule has 4 nitrogen and oxygen atoms in total. The predicted octanol–water partition coefficient (Wildman–Crippen LogP) is 1.24. The zero-order valence-electron chi connectivity index (χ0n) is 11.2. The summed E-state index contributed by atoms with van der Waals surface area (Å²) >= 11 is 0. The highest BCUT2D eigenvalue weighted by Gasteiger charge is 2.26. The van der Waals surface area contributed by atoms with Crippen LogP contribution in [-0.2, 0) is 13.6 Å². The molecule has 1 aliphatic carbocycles. The molecule has 2 unspecified atom stereocenters. The van der Waals surface area contributed by atoms with Crippen molar-refractivity contribution in [1.29, 1.82) is 0 Å². The number of nitrogens with zero attached hydrogens (tertiary/aromatic N) is 3. The first-order chi connectivity index (χ1) is 8.19. The van der Waals surface area contributed by atoms with E-state index in [0.29, 0.717) is 6.04 Å². The zero-order chi connectivity index (χ0) is 12.3. The summed E-state index contributed by atoms with van der Waals surface area (Å²) in [6.07, 6.45) is 8.13. The molecular formula is C13H24N4. The SMILES string of the molecule is CNC1CCCC1CN(C)Cc1cnn(C)c1. The Morgan fingerprint density at radius 2 is 2.35 bits per heavy atom. The third kappa shape index (κ3) is 3.30. The number of aromatic nitrogens is 2. The Labute approximate surface area is 104 Å². The van der Waals surface area contributed by atoms with E-state index in [1.165, 1.54) is 31.4 Å². The molecule has 0 radical (unpaired) electrons. The average molecular weight is 236 g/mol. The van der Waals surface area contributed by atoms with Crippen LogP contribution in [0.2, 0.25) is 0 Å². The molecule has 0 aromatic carbocycles. The largest absolute Gasteiger partial charge is 0.317 e. The quantitative estimate of drug-likeness (QED) is 0.835. The molecule has 0 spiro atoms. The van der Waals surface area contributed by atoms with Gasteiger partial charge in [0.1, 0.15) is 0 Å². The number of hydrogen-bond acceptors (Lipinski definition) is 3. The Hall–Kier alpha value is -0.870. The minimum Gasteiger partial charge on any atom is -0.317 e. The fourth-order valence-electron chi connectivity index (χ4n) is 2.97. The van der Waals surface area contributed by atoms with Gasteiger partial charge in [-0.15, -0.1) is 0 Å². The number of hydrogen-bond donors (Lipinski definition) is 1. The predicted molar refractivity (Wildman–Crippen MR) is 69.7 cm³/mol. The molecule has 4 heteroatoms. The van der Waals surface area contributed by atoms with E-state index >= 15 is 0 Å². The van der Waals surface area contributed by atoms with Crippen molar-refractivity contribution >= 4 is 0 Å². The van der Waals surface area contributed by atoms with E-state index < -0.39 is 0 Å². The first kappa shape index (κ1) is 12.6. The Kier molecular flexibility index (Phi) is 4.18. The molecule has 0 bridgehead atoms. The van der Waals surface area contributed by atoms with Crippen molar-refractivity contribution in [2.45, 2.75) is 31.8 Å². The van der Waals surface area contributed by atoms with Crippen molar-refractivity contribution in [2.24, 2.45) is 13.0 Å². The van der Waals surface area contributed by atoms with Gasteiger partial charge in [0.05, 0.1) is 6.20 Å². The summed E-state index contributed by atoms with van der Waals surface area (Å²) in [5.41, 5.74) is 1.30. The molecule has 1 aliphatic rings. The van der Waals surface area contributed by atoms with Gasteiger partial charge in [-0.3, -0.25) is 4.68 Å². The molecule has 1 N–H and O–H groups in total. The van der Waals surface area contributed by atoms with E-state index in [1.54, 1.807) is 0 Å². The standard InChI is InChI=1S/C13H24N4/c1-14-13-6-4-5-12(13)10-16(2)8-11-7-15-17(3)9-11/h7,9,12-14H,4-6,8,10H2,1-3H3. The van der Waals surface area contributed by atoms with Gasteiger partial charge >= 0.3 is 0 Å². The normalized spacial score (nSPS) is 24.7. The van der Waals surface area contributed by atoms with Crippen molar-refractivity contribution in [1.82, 2.24) is 20.0 Å². The van der Waals surface area contributed by atoms with E-state index in [2.05, 4.69) is 35.6 Å². The van der Waals surface area contributed by atoms with Gasteiger partial charge in [0.25, 0.3) is 0 Å². The molecule has 1 fully saturated rings. The maximum atomic E-state index is 4.21. The van der Waals surface area contributed by atoms with Crippen molar-refractivity contribution in [3.05, 3.63) is 18.0 Å². The van der Waals surface area contributed by atoms with Crippen LogP contribution in [0, 0.1) is 5.92 Å². The molecule has 0 amide bonds. The maximum Gasteiger partial charge on any atom is 0.0534 e. The highest BCUT2D eigenvalue weighted by molar-refractivity contribution is 5.03. The average Bonchev–Trinajstić information content (AvgIpc) is 2.87. The van der Waals surface area contributed by atoms with Gasteiger partial charge in [-0.05, 0) is 32.9 Å². The molecule has 96 valence electrons. The lowest BCUT2D eigenvalue weighted by molar-refractivity contribution is 0.249. The second kappa shape index (κ2) is 5.65. The van der Waals surface area contributed by atoms with Crippen LogP contribution in [0.4, 0.5) is 0 Å². The fourth-order valence-corrected chi connectivity index (χ4v) is 2.97. The van der Waals surface area contributed by atoms with Crippen molar-refractivity contribution in [3.8, 4) is 0 Å². The van der Waals surface area contributed by atoms with E-state index in [0.717, 1.165) is 12.5 Å². The zero-order valence-corrected chi connectivity index (χ0v) is 11.2. The van der Waals surface area contributed by atoms with Crippen LogP contribution in [0.5, 0.6) is 0 Å². The van der Waals surface area contributed by atoms with Crippen molar-refractivity contribution < 1.29 is 0 Å². The van der Waals surface area contributed by atoms with Gasteiger partial charge in [-0.25, -0.2) is 0 Å². The highest BCUT2D eigenvalue weighted by atomic mass is 15.2. The van der Waals surface area contributed by atoms with Crippen LogP contribution >= 0.6 is 0 Å². The smallest absolute Gasteiger partial charge is 0.0534 e. The van der Waals surface area contributed by atoms with E-state index in [-0.39, 0.29) is 0 Å². The number of rotatable bonds is 5. The maximum absolute atomic E-state index is 4.21. The van der Waals surface area contributed by atoms with Gasteiger partial charge in [-0.1, -0.05) is 6.42 Å². The first-order valence-corrected chi connectivity index (χ1v) is 6.52. The first-order valence-electron chi connectivity index (χ1n) is 6.52. The second-order valence-electron chi connectivity index (χ2n) is 5.31. The molecule has 1 heterocycles. The molecule has 0 aliphatic heterocycles. The molecule has 1 aromatic heterocycles. The van der Waals surface area contributed by atoms with Crippen molar-refractivity contribution in [3.63, 3.8) is 0 Å². The van der Waals surface area contributed by atoms with Crippen LogP contribution < -0.4 is 5.32 Å². The van der Waals surface area contributed by atoms with E-state index in [1.807, 2.05) is 17.9 Å². The Bertz CT molecular complexity index is 347. The molecule has 2 atom stereocenters. The van der Waals surface area contributed by atoms with Crippen LogP contribution in [0.3, 0.4) is 0 Å². The monoisotopic (exact) mass is 236 g/mol. The molecule has 0 saturated heterocycles. The molecule has 2 rings (SSSR count). The van der Waals surface area contributed by atoms with Gasteiger partial charge < -0.3 is 10.2 Å². The number of nitrogens with one attached hydrogen (secondary N) is 1.